The normalized spacial score (nSPS) is 10.7. The molecule has 0 fully saturated rings. The highest BCUT2D eigenvalue weighted by Gasteiger charge is 2.18. The summed E-state index contributed by atoms with van der Waals surface area (Å²) >= 11 is 3.52. The van der Waals surface area contributed by atoms with Crippen LogP contribution in [0.2, 0.25) is 0 Å². The van der Waals surface area contributed by atoms with E-state index >= 15 is 0 Å². The summed E-state index contributed by atoms with van der Waals surface area (Å²) in [5.74, 6) is 2.29. The van der Waals surface area contributed by atoms with Crippen molar-refractivity contribution in [2.75, 3.05) is 28.4 Å². The Kier molecular flexibility index (Phi) is 8.38. The van der Waals surface area contributed by atoms with Crippen LogP contribution in [0, 0.1) is 0 Å². The Morgan fingerprint density at radius 2 is 1.52 bits per heavy atom. The van der Waals surface area contributed by atoms with Crippen LogP contribution in [0.15, 0.2) is 65.1 Å². The standard InChI is InChI=1S/C26H25BrO6/c1-29-21-13-11-18(14-22(21)33-16-17-8-6-5-7-9-17)20(28)12-10-19-15-23(30-2)25(31-3)26(32-4)24(19)27/h5-15H,16H2,1-4H3/b12-10+. The Morgan fingerprint density at radius 3 is 2.15 bits per heavy atom. The van der Waals surface area contributed by atoms with E-state index < -0.39 is 0 Å². The maximum atomic E-state index is 12.9. The monoisotopic (exact) mass is 512 g/mol. The second-order valence-electron chi connectivity index (χ2n) is 6.89. The van der Waals surface area contributed by atoms with Crippen molar-refractivity contribution in [1.82, 2.24) is 0 Å². The largest absolute Gasteiger partial charge is 0.493 e. The lowest BCUT2D eigenvalue weighted by Crippen LogP contribution is -2.01. The minimum absolute atomic E-state index is 0.192. The van der Waals surface area contributed by atoms with Crippen LogP contribution in [0.3, 0.4) is 0 Å². The Labute approximate surface area is 201 Å². The molecule has 7 heteroatoms. The third-order valence-electron chi connectivity index (χ3n) is 4.90. The van der Waals surface area contributed by atoms with E-state index in [1.807, 2.05) is 30.3 Å². The average molecular weight is 513 g/mol. The average Bonchev–Trinajstić information content (AvgIpc) is 2.86. The Bertz CT molecular complexity index is 1140. The van der Waals surface area contributed by atoms with Gasteiger partial charge in [-0.1, -0.05) is 30.3 Å². The SMILES string of the molecule is COc1ccc(C(=O)/C=C/c2cc(OC)c(OC)c(OC)c2Br)cc1OCc1ccccc1. The number of ketones is 1. The van der Waals surface area contributed by atoms with Crippen molar-refractivity contribution < 1.29 is 28.5 Å². The molecule has 0 atom stereocenters. The van der Waals surface area contributed by atoms with Crippen molar-refractivity contribution in [2.24, 2.45) is 0 Å². The van der Waals surface area contributed by atoms with Gasteiger partial charge in [-0.2, -0.15) is 0 Å². The maximum Gasteiger partial charge on any atom is 0.204 e. The second kappa shape index (κ2) is 11.4. The fraction of sp³-hybridized carbons (Fsp3) is 0.192. The molecule has 0 unspecified atom stereocenters. The van der Waals surface area contributed by atoms with Gasteiger partial charge in [-0.3, -0.25) is 4.79 Å². The van der Waals surface area contributed by atoms with Gasteiger partial charge in [0.2, 0.25) is 5.75 Å². The van der Waals surface area contributed by atoms with E-state index in [1.165, 1.54) is 27.4 Å². The van der Waals surface area contributed by atoms with E-state index in [4.69, 9.17) is 23.7 Å². The van der Waals surface area contributed by atoms with Crippen LogP contribution in [0.25, 0.3) is 6.08 Å². The van der Waals surface area contributed by atoms with E-state index in [0.29, 0.717) is 51.0 Å². The molecule has 0 heterocycles. The zero-order valence-corrected chi connectivity index (χ0v) is 20.5. The van der Waals surface area contributed by atoms with Gasteiger partial charge in [-0.05, 0) is 63.5 Å². The predicted molar refractivity (Wildman–Crippen MR) is 131 cm³/mol. The smallest absolute Gasteiger partial charge is 0.204 e. The van der Waals surface area contributed by atoms with E-state index in [-0.39, 0.29) is 5.78 Å². The summed E-state index contributed by atoms with van der Waals surface area (Å²) in [6.07, 6.45) is 3.17. The molecule has 0 saturated carbocycles. The number of allylic oxidation sites excluding steroid dienone is 1. The second-order valence-corrected chi connectivity index (χ2v) is 7.68. The molecule has 0 aromatic heterocycles. The first kappa shape index (κ1) is 24.2. The number of hydrogen-bond acceptors (Lipinski definition) is 6. The van der Waals surface area contributed by atoms with Gasteiger partial charge in [0.1, 0.15) is 6.61 Å². The van der Waals surface area contributed by atoms with Gasteiger partial charge in [0, 0.05) is 5.56 Å². The van der Waals surface area contributed by atoms with Crippen LogP contribution in [0.1, 0.15) is 21.5 Å². The van der Waals surface area contributed by atoms with Crippen molar-refractivity contribution in [2.45, 2.75) is 6.61 Å². The van der Waals surface area contributed by atoms with Crippen LogP contribution >= 0.6 is 15.9 Å². The first-order chi connectivity index (χ1) is 16.0. The third kappa shape index (κ3) is 5.68. The molecule has 3 aromatic rings. The molecule has 172 valence electrons. The Balaban J connectivity index is 1.85. The topological polar surface area (TPSA) is 63.2 Å². The first-order valence-electron chi connectivity index (χ1n) is 10.1. The molecule has 0 radical (unpaired) electrons. The molecule has 0 bridgehead atoms. The first-order valence-corrected chi connectivity index (χ1v) is 10.9. The molecular weight excluding hydrogens is 488 g/mol. The van der Waals surface area contributed by atoms with Gasteiger partial charge < -0.3 is 23.7 Å². The van der Waals surface area contributed by atoms with E-state index in [0.717, 1.165) is 5.56 Å². The van der Waals surface area contributed by atoms with Gasteiger partial charge in [0.15, 0.2) is 28.8 Å². The summed E-state index contributed by atoms with van der Waals surface area (Å²) in [6.45, 7) is 0.364. The summed E-state index contributed by atoms with van der Waals surface area (Å²) in [5, 5.41) is 0. The number of carbonyl (C=O) groups excluding carboxylic acids is 1. The molecule has 33 heavy (non-hydrogen) atoms. The lowest BCUT2D eigenvalue weighted by Gasteiger charge is -2.15. The van der Waals surface area contributed by atoms with Crippen LogP contribution in [0.4, 0.5) is 0 Å². The van der Waals surface area contributed by atoms with E-state index in [9.17, 15) is 4.79 Å². The van der Waals surface area contributed by atoms with Crippen LogP contribution < -0.4 is 23.7 Å². The summed E-state index contributed by atoms with van der Waals surface area (Å²) in [4.78, 5) is 12.9. The number of carbonyl (C=O) groups is 1. The van der Waals surface area contributed by atoms with Crippen molar-refractivity contribution >= 4 is 27.8 Å². The third-order valence-corrected chi connectivity index (χ3v) is 5.72. The molecule has 0 amide bonds. The molecule has 0 saturated heterocycles. The summed E-state index contributed by atoms with van der Waals surface area (Å²) in [7, 11) is 6.17. The lowest BCUT2D eigenvalue weighted by atomic mass is 10.1. The molecule has 3 aromatic carbocycles. The van der Waals surface area contributed by atoms with Crippen LogP contribution in [-0.2, 0) is 6.61 Å². The van der Waals surface area contributed by atoms with Gasteiger partial charge in [0.25, 0.3) is 0 Å². The molecule has 0 aliphatic heterocycles. The quantitative estimate of drug-likeness (QED) is 0.246. The van der Waals surface area contributed by atoms with Gasteiger partial charge in [0.05, 0.1) is 32.9 Å². The number of rotatable bonds is 10. The van der Waals surface area contributed by atoms with Crippen LogP contribution in [0.5, 0.6) is 28.7 Å². The fourth-order valence-electron chi connectivity index (χ4n) is 3.20. The minimum atomic E-state index is -0.192. The van der Waals surface area contributed by atoms with Gasteiger partial charge >= 0.3 is 0 Å². The number of hydrogen-bond donors (Lipinski definition) is 0. The zero-order chi connectivity index (χ0) is 23.8. The Hall–Kier alpha value is -3.45. The molecule has 0 aliphatic carbocycles. The maximum absolute atomic E-state index is 12.9. The highest BCUT2D eigenvalue weighted by molar-refractivity contribution is 9.10. The number of methoxy groups -OCH3 is 4. The van der Waals surface area contributed by atoms with Crippen molar-refractivity contribution in [1.29, 1.82) is 0 Å². The predicted octanol–water partition coefficient (Wildman–Crippen LogP) is 5.96. The van der Waals surface area contributed by atoms with E-state index in [2.05, 4.69) is 15.9 Å². The van der Waals surface area contributed by atoms with Gasteiger partial charge in [-0.25, -0.2) is 0 Å². The van der Waals surface area contributed by atoms with Crippen molar-refractivity contribution in [3.05, 3.63) is 81.8 Å². The molecule has 3 rings (SSSR count). The van der Waals surface area contributed by atoms with E-state index in [1.54, 1.807) is 37.5 Å². The molecular formula is C26H25BrO6. The fourth-order valence-corrected chi connectivity index (χ4v) is 3.79. The summed E-state index contributed by atoms with van der Waals surface area (Å²) in [5.41, 5.74) is 2.19. The molecule has 0 N–H and O–H groups in total. The van der Waals surface area contributed by atoms with Crippen molar-refractivity contribution in [3.63, 3.8) is 0 Å². The lowest BCUT2D eigenvalue weighted by molar-refractivity contribution is 0.104. The van der Waals surface area contributed by atoms with Gasteiger partial charge in [-0.15, -0.1) is 0 Å². The minimum Gasteiger partial charge on any atom is -0.493 e. The number of ether oxygens (including phenoxy) is 5. The van der Waals surface area contributed by atoms with Crippen LogP contribution in [-0.4, -0.2) is 34.2 Å². The Morgan fingerprint density at radius 1 is 0.818 bits per heavy atom. The zero-order valence-electron chi connectivity index (χ0n) is 18.9. The molecule has 6 nitrogen and oxygen atoms in total. The highest BCUT2D eigenvalue weighted by atomic mass is 79.9. The summed E-state index contributed by atoms with van der Waals surface area (Å²) < 4.78 is 28.2. The molecule has 0 aliphatic rings. The number of halogens is 1. The van der Waals surface area contributed by atoms with Crippen molar-refractivity contribution in [3.8, 4) is 28.7 Å². The molecule has 0 spiro atoms. The highest BCUT2D eigenvalue weighted by Crippen LogP contribution is 2.45. The number of benzene rings is 3. The summed E-state index contributed by atoms with van der Waals surface area (Å²) in [6, 6.07) is 16.6.